The zero-order valence-electron chi connectivity index (χ0n) is 39.8. The molecule has 3 aliphatic carbocycles. The summed E-state index contributed by atoms with van der Waals surface area (Å²) in [7, 11) is 0. The maximum atomic E-state index is 4.08. The van der Waals surface area contributed by atoms with Gasteiger partial charge < -0.3 is 0 Å². The van der Waals surface area contributed by atoms with Crippen molar-refractivity contribution in [2.75, 3.05) is 0 Å². The van der Waals surface area contributed by atoms with E-state index in [4.69, 9.17) is 0 Å². The maximum absolute atomic E-state index is 4.08. The van der Waals surface area contributed by atoms with Gasteiger partial charge in [-0.15, -0.1) is 0 Å². The Morgan fingerprint density at radius 3 is 1.74 bits per heavy atom. The van der Waals surface area contributed by atoms with Crippen molar-refractivity contribution >= 4 is 53.9 Å². The van der Waals surface area contributed by atoms with Crippen LogP contribution in [0.15, 0.2) is 230 Å². The van der Waals surface area contributed by atoms with Gasteiger partial charge in [0.15, 0.2) is 0 Å². The average molecular weight is 855 g/mol. The fraction of sp³-hybridized carbons (Fsp3) is 0.152. The van der Waals surface area contributed by atoms with E-state index in [1.165, 1.54) is 110 Å². The quantitative estimate of drug-likeness (QED) is 0.111. The molecule has 0 saturated heterocycles. The summed E-state index contributed by atoms with van der Waals surface area (Å²) in [4.78, 5) is 0. The molecule has 0 fully saturated rings. The van der Waals surface area contributed by atoms with Crippen molar-refractivity contribution in [3.8, 4) is 22.3 Å². The summed E-state index contributed by atoms with van der Waals surface area (Å²) in [6.45, 7) is 27.9. The summed E-state index contributed by atoms with van der Waals surface area (Å²) >= 11 is 0. The Bertz CT molecular complexity index is 3380. The van der Waals surface area contributed by atoms with Gasteiger partial charge >= 0.3 is 0 Å². The highest BCUT2D eigenvalue weighted by Gasteiger charge is 2.30. The molecule has 8 aromatic carbocycles. The van der Waals surface area contributed by atoms with Crippen LogP contribution in [0.3, 0.4) is 0 Å². The second-order valence-corrected chi connectivity index (χ2v) is 17.3. The first-order chi connectivity index (χ1) is 32.2. The molecule has 3 aliphatic rings. The van der Waals surface area contributed by atoms with Crippen molar-refractivity contribution in [3.63, 3.8) is 0 Å². The van der Waals surface area contributed by atoms with Crippen molar-refractivity contribution in [1.82, 2.24) is 0 Å². The summed E-state index contributed by atoms with van der Waals surface area (Å²) < 4.78 is 0. The summed E-state index contributed by atoms with van der Waals surface area (Å²) in [5.74, 6) is 0. The minimum absolute atomic E-state index is 0.917. The number of hydrogen-bond acceptors (Lipinski definition) is 0. The highest BCUT2D eigenvalue weighted by atomic mass is 14.3. The predicted octanol–water partition coefficient (Wildman–Crippen LogP) is 19.2. The van der Waals surface area contributed by atoms with Gasteiger partial charge in [0.05, 0.1) is 0 Å². The van der Waals surface area contributed by atoms with Gasteiger partial charge in [0, 0.05) is 0 Å². The van der Waals surface area contributed by atoms with Gasteiger partial charge in [-0.05, 0) is 192 Å². The standard InChI is InChI=1S/C38H22.C18H22.C8H12.C2H6/c1-2-10-29-27(8-1)28-9-3-4-11-30(28)38-33-18-24-17-26-16-23-13-12-21-6-5-7-22-14-15-31(37(23)35(21)22)36(26)32(24)19-25(33)20-34(29)38;1-6-8-14(3)16(5)15(4)12-18-11-10-17(13-18)9-7-2;1-4-6-8(3)7-5-2;1-2/h1-16,18-19H,17,20H2;6-10,12H,3-5,11,13H2,1-2H3;4-7H,3H2,1-2H3;1-2H3/b;8-6-,9-7-,18-12+;6-4-,7-5-;. The second-order valence-electron chi connectivity index (χ2n) is 17.3. The molecule has 326 valence electrons. The third kappa shape index (κ3) is 8.53. The van der Waals surface area contributed by atoms with Gasteiger partial charge in [-0.25, -0.2) is 0 Å². The van der Waals surface area contributed by atoms with Gasteiger partial charge in [0.1, 0.15) is 0 Å². The molecule has 0 heteroatoms. The molecule has 0 aliphatic heterocycles. The van der Waals surface area contributed by atoms with Crippen LogP contribution in [0, 0.1) is 0 Å². The summed E-state index contributed by atoms with van der Waals surface area (Å²) in [5, 5.41) is 13.8. The van der Waals surface area contributed by atoms with Crippen molar-refractivity contribution < 1.29 is 0 Å². The molecule has 0 nitrogen and oxygen atoms in total. The van der Waals surface area contributed by atoms with E-state index in [0.29, 0.717) is 0 Å². The van der Waals surface area contributed by atoms with Gasteiger partial charge in [0.25, 0.3) is 0 Å². The highest BCUT2D eigenvalue weighted by molar-refractivity contribution is 6.26. The molecule has 0 N–H and O–H groups in total. The molecule has 8 aromatic rings. The fourth-order valence-corrected chi connectivity index (χ4v) is 10.3. The van der Waals surface area contributed by atoms with Gasteiger partial charge in [-0.3, -0.25) is 0 Å². The van der Waals surface area contributed by atoms with Crippen LogP contribution < -0.4 is 0 Å². The van der Waals surface area contributed by atoms with E-state index in [9.17, 15) is 0 Å². The summed E-state index contributed by atoms with van der Waals surface area (Å²) in [5.41, 5.74) is 18.3. The van der Waals surface area contributed by atoms with Crippen LogP contribution in [0.1, 0.15) is 76.6 Å². The number of allylic oxidation sites excluding steroid dienone is 16. The van der Waals surface area contributed by atoms with E-state index in [1.807, 2.05) is 78.0 Å². The molecule has 0 bridgehead atoms. The normalized spacial score (nSPS) is 14.1. The smallest absolute Gasteiger partial charge is 0.000683 e. The Morgan fingerprint density at radius 1 is 0.485 bits per heavy atom. The Labute approximate surface area is 393 Å². The summed E-state index contributed by atoms with van der Waals surface area (Å²) in [6.07, 6.45) is 24.5. The number of benzene rings is 8. The zero-order chi connectivity index (χ0) is 46.5. The van der Waals surface area contributed by atoms with Crippen LogP contribution in [-0.2, 0) is 12.8 Å². The lowest BCUT2D eigenvalue weighted by Gasteiger charge is -2.15. The van der Waals surface area contributed by atoms with Crippen molar-refractivity contribution in [1.29, 1.82) is 0 Å². The van der Waals surface area contributed by atoms with Crippen LogP contribution in [0.2, 0.25) is 0 Å². The molecular formula is C66H62. The van der Waals surface area contributed by atoms with E-state index in [-0.39, 0.29) is 0 Å². The maximum Gasteiger partial charge on any atom is -0.000683 e. The lowest BCUT2D eigenvalue weighted by atomic mass is 9.88. The summed E-state index contributed by atoms with van der Waals surface area (Å²) in [6, 6.07) is 41.5. The molecule has 0 aromatic heterocycles. The molecular weight excluding hydrogens is 793 g/mol. The molecule has 0 saturated carbocycles. The Morgan fingerprint density at radius 2 is 1.08 bits per heavy atom. The first-order valence-corrected chi connectivity index (χ1v) is 23.7. The minimum atomic E-state index is 0.917. The fourth-order valence-electron chi connectivity index (χ4n) is 10.3. The van der Waals surface area contributed by atoms with E-state index in [2.05, 4.69) is 160 Å². The van der Waals surface area contributed by atoms with Gasteiger partial charge in [-0.1, -0.05) is 204 Å². The predicted molar refractivity (Wildman–Crippen MR) is 294 cm³/mol. The second kappa shape index (κ2) is 19.9. The number of hydrogen-bond donors (Lipinski definition) is 0. The monoisotopic (exact) mass is 854 g/mol. The molecule has 0 atom stereocenters. The average Bonchev–Trinajstić information content (AvgIpc) is 4.06. The van der Waals surface area contributed by atoms with Crippen LogP contribution in [0.4, 0.5) is 0 Å². The Balaban J connectivity index is 0.000000178. The van der Waals surface area contributed by atoms with Gasteiger partial charge in [0.2, 0.25) is 0 Å². The van der Waals surface area contributed by atoms with E-state index in [1.54, 1.807) is 0 Å². The lowest BCUT2D eigenvalue weighted by molar-refractivity contribution is 1.16. The molecule has 0 heterocycles. The Kier molecular flexibility index (Phi) is 13.6. The van der Waals surface area contributed by atoms with Crippen LogP contribution in [0.25, 0.3) is 76.1 Å². The van der Waals surface area contributed by atoms with E-state index < -0.39 is 0 Å². The van der Waals surface area contributed by atoms with Crippen LogP contribution in [0.5, 0.6) is 0 Å². The van der Waals surface area contributed by atoms with Crippen LogP contribution >= 0.6 is 0 Å². The molecule has 0 unspecified atom stereocenters. The van der Waals surface area contributed by atoms with Gasteiger partial charge in [-0.2, -0.15) is 0 Å². The van der Waals surface area contributed by atoms with E-state index in [0.717, 1.165) is 48.0 Å². The van der Waals surface area contributed by atoms with E-state index >= 15 is 0 Å². The first kappa shape index (κ1) is 45.3. The zero-order valence-corrected chi connectivity index (χ0v) is 39.8. The van der Waals surface area contributed by atoms with Crippen molar-refractivity contribution in [2.24, 2.45) is 0 Å². The first-order valence-electron chi connectivity index (χ1n) is 23.7. The molecule has 0 spiro atoms. The third-order valence-electron chi connectivity index (χ3n) is 13.1. The molecule has 0 radical (unpaired) electrons. The SMILES string of the molecule is C=C(/C=C\C)/C=C\C.C=C(/C=C\C)C(=C)C(=C)/C=C1\CC=C(/C=C\C)C1.CC.c1cc2ccc3cc4c(c5ccc(c1)c2c35)-c1cc2c(cc1C4)-c1c(c3ccccc3c3ccccc13)C2. The van der Waals surface area contributed by atoms with Crippen molar-refractivity contribution in [2.45, 2.75) is 67.2 Å². The number of fused-ring (bicyclic) bond motifs is 12. The number of rotatable bonds is 7. The highest BCUT2D eigenvalue weighted by Crippen LogP contribution is 2.52. The minimum Gasteiger partial charge on any atom is -0.0918 e. The Hall–Kier alpha value is -7.28. The molecule has 0 amide bonds. The largest absolute Gasteiger partial charge is 0.0918 e. The van der Waals surface area contributed by atoms with Crippen LogP contribution in [-0.4, -0.2) is 0 Å². The third-order valence-corrected chi connectivity index (χ3v) is 13.1. The van der Waals surface area contributed by atoms with Crippen molar-refractivity contribution in [3.05, 3.63) is 252 Å². The molecule has 66 heavy (non-hydrogen) atoms. The lowest BCUT2D eigenvalue weighted by Crippen LogP contribution is -1.89. The topological polar surface area (TPSA) is 0 Å². The molecule has 11 rings (SSSR count).